The Morgan fingerprint density at radius 2 is 1.38 bits per heavy atom. The van der Waals surface area contributed by atoms with E-state index in [9.17, 15) is 19.1 Å². The van der Waals surface area contributed by atoms with E-state index in [2.05, 4.69) is 17.8 Å². The van der Waals surface area contributed by atoms with Gasteiger partial charge in [0.1, 0.15) is 25.4 Å². The fourth-order valence-corrected chi connectivity index (χ4v) is 3.21. The second-order valence-electron chi connectivity index (χ2n) is 5.38. The topological polar surface area (TPSA) is 130 Å². The number of rotatable bonds is 17. The number of aliphatic hydroxyl groups excluding tert-OH is 1. The summed E-state index contributed by atoms with van der Waals surface area (Å²) >= 11 is 0. The van der Waals surface area contributed by atoms with E-state index in [1.165, 1.54) is 0 Å². The van der Waals surface area contributed by atoms with Gasteiger partial charge in [-0.25, -0.2) is 4.57 Å². The number of hydrogen-bond acceptors (Lipinski definition) is 9. The predicted octanol–water partition coefficient (Wildman–Crippen LogP) is 1.03. The normalized spacial score (nSPS) is 17.1. The van der Waals surface area contributed by atoms with Crippen LogP contribution in [0.5, 0.6) is 0 Å². The summed E-state index contributed by atoms with van der Waals surface area (Å²) in [5, 5.41) is 9.25. The molecule has 0 aliphatic heterocycles. The van der Waals surface area contributed by atoms with Gasteiger partial charge in [-0.15, -0.1) is 25.2 Å². The van der Waals surface area contributed by atoms with Gasteiger partial charge in [0.2, 0.25) is 0 Å². The molecule has 0 aromatic carbocycles. The van der Waals surface area contributed by atoms with Crippen LogP contribution in [0.3, 0.4) is 0 Å². The summed E-state index contributed by atoms with van der Waals surface area (Å²) in [4.78, 5) is 9.23. The Labute approximate surface area is 171 Å². The highest BCUT2D eigenvalue weighted by atomic mass is 31.2. The molecule has 12 heteroatoms. The van der Waals surface area contributed by atoms with Crippen LogP contribution in [-0.2, 0) is 36.7 Å². The summed E-state index contributed by atoms with van der Waals surface area (Å²) in [6.07, 6.45) is 13.7. The second-order valence-corrected chi connectivity index (χ2v) is 8.91. The van der Waals surface area contributed by atoms with E-state index >= 15 is 0 Å². The zero-order valence-corrected chi connectivity index (χ0v) is 17.9. The van der Waals surface area contributed by atoms with Crippen LogP contribution in [0.2, 0.25) is 0 Å². The van der Waals surface area contributed by atoms with Crippen LogP contribution < -0.4 is 0 Å². The van der Waals surface area contributed by atoms with E-state index in [0.717, 1.165) is 6.66 Å². The van der Waals surface area contributed by atoms with Gasteiger partial charge in [0.25, 0.3) is 0 Å². The van der Waals surface area contributed by atoms with E-state index in [4.69, 9.17) is 46.8 Å². The molecule has 0 bridgehead atoms. The Kier molecular flexibility index (Phi) is 15.0. The zero-order valence-electron chi connectivity index (χ0n) is 16.1. The first kappa shape index (κ1) is 27.8. The molecule has 4 atom stereocenters. The molecule has 164 valence electrons. The quantitative estimate of drug-likeness (QED) is 0.187. The van der Waals surface area contributed by atoms with E-state index < -0.39 is 40.8 Å². The fourth-order valence-electron chi connectivity index (χ4n) is 1.53. The molecule has 0 fully saturated rings. The highest BCUT2D eigenvalue weighted by molar-refractivity contribution is 7.51. The van der Waals surface area contributed by atoms with Crippen molar-refractivity contribution in [2.24, 2.45) is 0 Å². The molecule has 0 radical (unpaired) electrons. The van der Waals surface area contributed by atoms with Crippen LogP contribution in [0.15, 0.2) is 0 Å². The maximum Gasteiger partial charge on any atom is 0.475 e. The van der Waals surface area contributed by atoms with Crippen molar-refractivity contribution in [1.29, 1.82) is 0 Å². The number of aliphatic hydroxyl groups is 1. The van der Waals surface area contributed by atoms with E-state index in [-0.39, 0.29) is 39.5 Å². The minimum atomic E-state index is -4.16. The maximum absolute atomic E-state index is 12.8. The van der Waals surface area contributed by atoms with Gasteiger partial charge >= 0.3 is 15.4 Å². The lowest BCUT2D eigenvalue weighted by Crippen LogP contribution is -2.27. The monoisotopic (exact) mass is 452 g/mol. The van der Waals surface area contributed by atoms with Crippen LogP contribution >= 0.6 is 15.4 Å². The van der Waals surface area contributed by atoms with Crippen molar-refractivity contribution < 1.29 is 46.7 Å². The van der Waals surface area contributed by atoms with Crippen LogP contribution in [0.1, 0.15) is 6.42 Å². The van der Waals surface area contributed by atoms with Gasteiger partial charge in [0, 0.05) is 13.1 Å². The lowest BCUT2D eigenvalue weighted by atomic mass is 10.4. The molecular formula is C17H26O10P2. The summed E-state index contributed by atoms with van der Waals surface area (Å²) in [5.41, 5.74) is 0. The van der Waals surface area contributed by atoms with E-state index in [1.807, 2.05) is 0 Å². The van der Waals surface area contributed by atoms with Crippen LogP contribution in [0.4, 0.5) is 0 Å². The molecule has 10 nitrogen and oxygen atoms in total. The zero-order chi connectivity index (χ0) is 22.2. The lowest BCUT2D eigenvalue weighted by molar-refractivity contribution is -0.0259. The molecule has 29 heavy (non-hydrogen) atoms. The maximum atomic E-state index is 12.8. The molecule has 0 aromatic heterocycles. The van der Waals surface area contributed by atoms with Crippen molar-refractivity contribution in [2.45, 2.75) is 18.6 Å². The number of hydrogen-bond donors (Lipinski definition) is 2. The van der Waals surface area contributed by atoms with Crippen LogP contribution in [-0.4, -0.2) is 75.1 Å². The van der Waals surface area contributed by atoms with Crippen molar-refractivity contribution in [2.75, 3.05) is 52.9 Å². The molecule has 0 rings (SSSR count). The Morgan fingerprint density at radius 3 is 1.86 bits per heavy atom. The average Bonchev–Trinajstić information content (AvgIpc) is 2.67. The molecule has 0 aliphatic carbocycles. The van der Waals surface area contributed by atoms with Gasteiger partial charge in [-0.1, -0.05) is 11.8 Å². The number of phosphoric ester groups is 1. The van der Waals surface area contributed by atoms with Crippen LogP contribution in [0, 0.1) is 37.0 Å². The highest BCUT2D eigenvalue weighted by Gasteiger charge is 2.30. The fraction of sp³-hybridized carbons (Fsp3) is 0.647. The Morgan fingerprint density at radius 1 is 0.862 bits per heavy atom. The van der Waals surface area contributed by atoms with Gasteiger partial charge in [-0.2, -0.15) is 0 Å². The summed E-state index contributed by atoms with van der Waals surface area (Å²) in [6, 6.07) is 0. The highest BCUT2D eigenvalue weighted by Crippen LogP contribution is 2.50. The second kappa shape index (κ2) is 15.6. The standard InChI is InChI=1S/C17H26O10P2/c1-5-8-11-24-29(21,26-13-16(12-18)22-9-6-2)27-15-17(23-10-7-3)14-25-28(4,19)20/h1-3,16-18H,8-15H2,4H3,(H,19,20). The van der Waals surface area contributed by atoms with Crippen molar-refractivity contribution in [3.8, 4) is 37.0 Å². The molecule has 0 amide bonds. The minimum absolute atomic E-state index is 0.0880. The molecular weight excluding hydrogens is 426 g/mol. The predicted molar refractivity (Wildman–Crippen MR) is 105 cm³/mol. The smallest absolute Gasteiger partial charge is 0.394 e. The van der Waals surface area contributed by atoms with E-state index in [1.54, 1.807) is 0 Å². The molecule has 4 unspecified atom stereocenters. The third-order valence-corrected chi connectivity index (χ3v) is 4.90. The Hall–Kier alpha value is -1.18. The third kappa shape index (κ3) is 15.3. The minimum Gasteiger partial charge on any atom is -0.394 e. The molecule has 0 heterocycles. The first-order valence-electron chi connectivity index (χ1n) is 8.32. The molecule has 0 spiro atoms. The summed E-state index contributed by atoms with van der Waals surface area (Å²) in [7, 11) is -7.94. The summed E-state index contributed by atoms with van der Waals surface area (Å²) in [6.45, 7) is -0.925. The largest absolute Gasteiger partial charge is 0.475 e. The van der Waals surface area contributed by atoms with Gasteiger partial charge in [-0.05, 0) is 0 Å². The average molecular weight is 452 g/mol. The third-order valence-electron chi connectivity index (χ3n) is 2.84. The lowest BCUT2D eigenvalue weighted by Gasteiger charge is -2.23. The Bertz CT molecular complexity index is 669. The molecule has 0 aliphatic rings. The van der Waals surface area contributed by atoms with Gasteiger partial charge < -0.3 is 24.0 Å². The van der Waals surface area contributed by atoms with Gasteiger partial charge in [0.15, 0.2) is 0 Å². The van der Waals surface area contributed by atoms with Crippen molar-refractivity contribution in [3.63, 3.8) is 0 Å². The van der Waals surface area contributed by atoms with Crippen molar-refractivity contribution >= 4 is 15.4 Å². The number of ether oxygens (including phenoxy) is 2. The van der Waals surface area contributed by atoms with Crippen LogP contribution in [0.25, 0.3) is 0 Å². The molecule has 2 N–H and O–H groups in total. The van der Waals surface area contributed by atoms with Gasteiger partial charge in [-0.3, -0.25) is 18.1 Å². The first-order valence-corrected chi connectivity index (χ1v) is 11.8. The number of terminal acetylenes is 3. The van der Waals surface area contributed by atoms with Crippen molar-refractivity contribution in [1.82, 2.24) is 0 Å². The van der Waals surface area contributed by atoms with E-state index in [0.29, 0.717) is 0 Å². The Balaban J connectivity index is 4.98. The molecule has 0 saturated heterocycles. The van der Waals surface area contributed by atoms with Crippen molar-refractivity contribution in [3.05, 3.63) is 0 Å². The molecule has 0 aromatic rings. The molecule has 0 saturated carbocycles. The first-order chi connectivity index (χ1) is 13.7. The number of phosphoric acid groups is 1. The summed E-state index contributed by atoms with van der Waals surface area (Å²) in [5.74, 6) is 6.75. The SMILES string of the molecule is C#CCCOP(=O)(OCC(CO)OCC#C)OCC(COP(C)(=O)O)OCC#C. The summed E-state index contributed by atoms with van der Waals surface area (Å²) < 4.78 is 54.7. The van der Waals surface area contributed by atoms with Gasteiger partial charge in [0.05, 0.1) is 33.0 Å².